The highest BCUT2D eigenvalue weighted by Crippen LogP contribution is 2.41. The molecule has 2 N–H and O–H groups in total. The Kier molecular flexibility index (Phi) is 8.63. The van der Waals surface area contributed by atoms with Crippen molar-refractivity contribution in [1.29, 1.82) is 0 Å². The lowest BCUT2D eigenvalue weighted by Gasteiger charge is -2.39. The average Bonchev–Trinajstić information content (AvgIpc) is 2.71. The van der Waals surface area contributed by atoms with Gasteiger partial charge in [-0.25, -0.2) is 0 Å². The van der Waals surface area contributed by atoms with Gasteiger partial charge in [-0.1, -0.05) is 51.5 Å². The zero-order valence-electron chi connectivity index (χ0n) is 17.1. The molecule has 0 amide bonds. The second-order valence-corrected chi connectivity index (χ2v) is 9.05. The predicted octanol–water partition coefficient (Wildman–Crippen LogP) is 4.58. The van der Waals surface area contributed by atoms with E-state index in [0.717, 1.165) is 30.6 Å². The molecule has 4 nitrogen and oxygen atoms in total. The van der Waals surface area contributed by atoms with E-state index >= 15 is 0 Å². The molecule has 4 heteroatoms. The molecule has 0 saturated heterocycles. The smallest absolute Gasteiger partial charge is 0.177 e. The molecule has 0 radical (unpaired) electrons. The lowest BCUT2D eigenvalue weighted by Crippen LogP contribution is -2.40. The summed E-state index contributed by atoms with van der Waals surface area (Å²) in [6.07, 6.45) is 18.2. The summed E-state index contributed by atoms with van der Waals surface area (Å²) in [6.45, 7) is 2.11. The first kappa shape index (κ1) is 21.3. The number of aliphatic hydroxyl groups is 2. The summed E-state index contributed by atoms with van der Waals surface area (Å²) in [4.78, 5) is 0. The molecule has 3 rings (SSSR count). The lowest BCUT2D eigenvalue weighted by atomic mass is 9.70. The van der Waals surface area contributed by atoms with Crippen LogP contribution in [0, 0.1) is 17.8 Å². The largest absolute Gasteiger partial charge is 0.394 e. The van der Waals surface area contributed by atoms with Crippen molar-refractivity contribution in [2.75, 3.05) is 6.61 Å². The summed E-state index contributed by atoms with van der Waals surface area (Å²) in [7, 11) is 0. The maximum absolute atomic E-state index is 9.72. The number of hydrogen-bond acceptors (Lipinski definition) is 4. The Balaban J connectivity index is 1.34. The summed E-state index contributed by atoms with van der Waals surface area (Å²) < 4.78 is 11.7. The standard InChI is InChI=1S/C23H40O4/c1-2-3-4-5-17-6-8-18(9-7-17)19-10-12-20(13-11-19)26-23-15-14-21(25)22(16-24)27-23/h14-15,17-25H,2-13,16H2,1H3. The van der Waals surface area contributed by atoms with Gasteiger partial charge in [-0.3, -0.25) is 0 Å². The van der Waals surface area contributed by atoms with Crippen LogP contribution in [0.1, 0.15) is 84.0 Å². The van der Waals surface area contributed by atoms with E-state index in [4.69, 9.17) is 9.47 Å². The van der Waals surface area contributed by atoms with Crippen molar-refractivity contribution in [1.82, 2.24) is 0 Å². The van der Waals surface area contributed by atoms with E-state index in [9.17, 15) is 10.2 Å². The molecule has 0 aromatic rings. The summed E-state index contributed by atoms with van der Waals surface area (Å²) in [5, 5.41) is 19.0. The van der Waals surface area contributed by atoms with Crippen LogP contribution < -0.4 is 0 Å². The Morgan fingerprint density at radius 3 is 2.22 bits per heavy atom. The van der Waals surface area contributed by atoms with Crippen LogP contribution in [-0.2, 0) is 9.47 Å². The molecule has 3 aliphatic rings. The molecule has 3 atom stereocenters. The second-order valence-electron chi connectivity index (χ2n) is 9.05. The fraction of sp³-hybridized carbons (Fsp3) is 0.913. The number of unbranched alkanes of at least 4 members (excludes halogenated alkanes) is 2. The number of aliphatic hydroxyl groups excluding tert-OH is 2. The quantitative estimate of drug-likeness (QED) is 0.478. The van der Waals surface area contributed by atoms with Crippen molar-refractivity contribution in [3.8, 4) is 0 Å². The summed E-state index contributed by atoms with van der Waals surface area (Å²) in [5.74, 6) is 2.82. The minimum Gasteiger partial charge on any atom is -0.394 e. The van der Waals surface area contributed by atoms with Gasteiger partial charge < -0.3 is 19.7 Å². The Hall–Kier alpha value is -0.420. The first-order valence-corrected chi connectivity index (χ1v) is 11.5. The van der Waals surface area contributed by atoms with Gasteiger partial charge in [-0.05, 0) is 62.4 Å². The van der Waals surface area contributed by atoms with Crippen LogP contribution in [0.5, 0.6) is 0 Å². The Morgan fingerprint density at radius 1 is 0.926 bits per heavy atom. The maximum Gasteiger partial charge on any atom is 0.177 e. The SMILES string of the molecule is CCCCCC1CCC(C2CCC(OC3C=CC(O)C(CO)O3)CC2)CC1. The topological polar surface area (TPSA) is 58.9 Å². The van der Waals surface area contributed by atoms with E-state index in [-0.39, 0.29) is 12.7 Å². The molecular formula is C23H40O4. The first-order chi connectivity index (χ1) is 13.2. The van der Waals surface area contributed by atoms with Crippen molar-refractivity contribution in [2.24, 2.45) is 17.8 Å². The molecule has 1 aliphatic heterocycles. The van der Waals surface area contributed by atoms with Crippen LogP contribution >= 0.6 is 0 Å². The van der Waals surface area contributed by atoms with E-state index < -0.39 is 18.5 Å². The van der Waals surface area contributed by atoms with E-state index in [1.165, 1.54) is 64.2 Å². The fourth-order valence-corrected chi connectivity index (χ4v) is 5.37. The third-order valence-electron chi connectivity index (χ3n) is 7.15. The minimum atomic E-state index is -0.734. The molecule has 0 bridgehead atoms. The van der Waals surface area contributed by atoms with Crippen molar-refractivity contribution in [3.05, 3.63) is 12.2 Å². The molecule has 2 fully saturated rings. The minimum absolute atomic E-state index is 0.181. The zero-order valence-corrected chi connectivity index (χ0v) is 17.1. The number of ether oxygens (including phenoxy) is 2. The molecular weight excluding hydrogens is 340 g/mol. The monoisotopic (exact) mass is 380 g/mol. The van der Waals surface area contributed by atoms with Crippen LogP contribution in [-0.4, -0.2) is 41.4 Å². The van der Waals surface area contributed by atoms with Crippen LogP contribution in [0.4, 0.5) is 0 Å². The van der Waals surface area contributed by atoms with Gasteiger partial charge in [-0.2, -0.15) is 0 Å². The number of rotatable bonds is 8. The van der Waals surface area contributed by atoms with Crippen molar-refractivity contribution in [2.45, 2.75) is 109 Å². The van der Waals surface area contributed by atoms with E-state index in [1.54, 1.807) is 12.2 Å². The van der Waals surface area contributed by atoms with Crippen LogP contribution in [0.3, 0.4) is 0 Å². The van der Waals surface area contributed by atoms with Gasteiger partial charge in [0.15, 0.2) is 6.29 Å². The maximum atomic E-state index is 9.72. The van der Waals surface area contributed by atoms with Gasteiger partial charge in [-0.15, -0.1) is 0 Å². The van der Waals surface area contributed by atoms with Crippen molar-refractivity contribution >= 4 is 0 Å². The van der Waals surface area contributed by atoms with Gasteiger partial charge >= 0.3 is 0 Å². The van der Waals surface area contributed by atoms with Crippen molar-refractivity contribution < 1.29 is 19.7 Å². The highest BCUT2D eigenvalue weighted by Gasteiger charge is 2.33. The molecule has 27 heavy (non-hydrogen) atoms. The average molecular weight is 381 g/mol. The van der Waals surface area contributed by atoms with E-state index in [1.807, 2.05) is 0 Å². The Bertz CT molecular complexity index is 436. The fourth-order valence-electron chi connectivity index (χ4n) is 5.37. The summed E-state index contributed by atoms with van der Waals surface area (Å²) >= 11 is 0. The van der Waals surface area contributed by atoms with Crippen LogP contribution in [0.15, 0.2) is 12.2 Å². The highest BCUT2D eigenvalue weighted by atomic mass is 16.7. The van der Waals surface area contributed by atoms with Crippen LogP contribution in [0.2, 0.25) is 0 Å². The molecule has 2 aliphatic carbocycles. The normalized spacial score (nSPS) is 40.2. The lowest BCUT2D eigenvalue weighted by molar-refractivity contribution is -0.204. The van der Waals surface area contributed by atoms with Crippen molar-refractivity contribution in [3.63, 3.8) is 0 Å². The Labute approximate surface area is 165 Å². The van der Waals surface area contributed by atoms with Crippen LogP contribution in [0.25, 0.3) is 0 Å². The third kappa shape index (κ3) is 6.28. The molecule has 0 spiro atoms. The molecule has 156 valence electrons. The Morgan fingerprint density at radius 2 is 1.59 bits per heavy atom. The first-order valence-electron chi connectivity index (χ1n) is 11.5. The van der Waals surface area contributed by atoms with E-state index in [2.05, 4.69) is 6.92 Å². The third-order valence-corrected chi connectivity index (χ3v) is 7.15. The zero-order chi connectivity index (χ0) is 19.1. The molecule has 1 heterocycles. The molecule has 0 aromatic heterocycles. The molecule has 3 unspecified atom stereocenters. The van der Waals surface area contributed by atoms with Gasteiger partial charge in [0.1, 0.15) is 12.2 Å². The predicted molar refractivity (Wildman–Crippen MR) is 107 cm³/mol. The van der Waals surface area contributed by atoms with Gasteiger partial charge in [0.25, 0.3) is 0 Å². The van der Waals surface area contributed by atoms with Gasteiger partial charge in [0, 0.05) is 0 Å². The molecule has 2 saturated carbocycles. The highest BCUT2D eigenvalue weighted by molar-refractivity contribution is 5.00. The number of hydrogen-bond donors (Lipinski definition) is 2. The van der Waals surface area contributed by atoms with Gasteiger partial charge in [0.2, 0.25) is 0 Å². The second kappa shape index (κ2) is 10.9. The summed E-state index contributed by atoms with van der Waals surface area (Å²) in [6, 6.07) is 0. The molecule has 0 aromatic carbocycles. The van der Waals surface area contributed by atoms with E-state index in [0.29, 0.717) is 0 Å². The van der Waals surface area contributed by atoms with Gasteiger partial charge in [0.05, 0.1) is 12.7 Å². The summed E-state index contributed by atoms with van der Waals surface area (Å²) in [5.41, 5.74) is 0.